The molecule has 1 heterocycles. The summed E-state index contributed by atoms with van der Waals surface area (Å²) in [4.78, 5) is 23.8. The van der Waals surface area contributed by atoms with Gasteiger partial charge in [-0.25, -0.2) is 0 Å². The number of nitrogens with one attached hydrogen (secondary N) is 1. The maximum atomic E-state index is 11.6. The Morgan fingerprint density at radius 3 is 2.44 bits per heavy atom. The fourth-order valence-electron chi connectivity index (χ4n) is 2.94. The van der Waals surface area contributed by atoms with E-state index in [-0.39, 0.29) is 5.91 Å². The molecule has 0 radical (unpaired) electrons. The number of hydrogen-bond donors (Lipinski definition) is 1. The van der Waals surface area contributed by atoms with Gasteiger partial charge >= 0.3 is 0 Å². The first-order chi connectivity index (χ1) is 12.1. The first kappa shape index (κ1) is 19.0. The third-order valence-corrected chi connectivity index (χ3v) is 4.06. The van der Waals surface area contributed by atoms with Gasteiger partial charge in [-0.15, -0.1) is 0 Å². The van der Waals surface area contributed by atoms with E-state index in [1.165, 1.54) is 6.92 Å². The Morgan fingerprint density at radius 2 is 1.88 bits per heavy atom. The molecule has 7 nitrogen and oxygen atoms in total. The lowest BCUT2D eigenvalue weighted by atomic mass is 9.92. The smallest absolute Gasteiger partial charge is 0.217 e. The number of benzene rings is 1. The van der Waals surface area contributed by atoms with Gasteiger partial charge in [0.2, 0.25) is 5.91 Å². The number of carbonyl (C=O) groups is 1. The van der Waals surface area contributed by atoms with Crippen LogP contribution in [0.5, 0.6) is 0 Å². The molecule has 0 spiro atoms. The third kappa shape index (κ3) is 4.80. The summed E-state index contributed by atoms with van der Waals surface area (Å²) in [5, 5.41) is 2.84. The van der Waals surface area contributed by atoms with Crippen molar-refractivity contribution in [3.63, 3.8) is 0 Å². The van der Waals surface area contributed by atoms with Crippen LogP contribution in [0.25, 0.3) is 0 Å². The molecule has 0 aliphatic carbocycles. The van der Waals surface area contributed by atoms with E-state index >= 15 is 0 Å². The van der Waals surface area contributed by atoms with Gasteiger partial charge in [-0.2, -0.15) is 0 Å². The maximum absolute atomic E-state index is 11.6. The Morgan fingerprint density at radius 1 is 1.20 bits per heavy atom. The van der Waals surface area contributed by atoms with Crippen LogP contribution in [0.4, 0.5) is 0 Å². The van der Waals surface area contributed by atoms with Gasteiger partial charge in [-0.3, -0.25) is 19.8 Å². The molecule has 7 heteroatoms. The van der Waals surface area contributed by atoms with E-state index in [0.29, 0.717) is 13.2 Å². The number of rotatable bonds is 8. The Hall–Kier alpha value is -2.38. The Balaban J connectivity index is 2.21. The molecule has 0 unspecified atom stereocenters. The topological polar surface area (TPSA) is 84.6 Å². The van der Waals surface area contributed by atoms with Gasteiger partial charge in [0.15, 0.2) is 6.29 Å². The molecule has 1 saturated heterocycles. The summed E-state index contributed by atoms with van der Waals surface area (Å²) >= 11 is 0. The zero-order valence-electron chi connectivity index (χ0n) is 14.4. The molecule has 0 saturated carbocycles. The third-order valence-electron chi connectivity index (χ3n) is 4.06. The van der Waals surface area contributed by atoms with E-state index in [2.05, 4.69) is 40.4 Å². The van der Waals surface area contributed by atoms with Crippen LogP contribution >= 0.6 is 0 Å². The van der Waals surface area contributed by atoms with Gasteiger partial charge in [0.1, 0.15) is 18.2 Å². The Labute approximate surface area is 147 Å². The number of carbonyl (C=O) groups excluding carboxylic acids is 1. The highest BCUT2D eigenvalue weighted by Gasteiger charge is 2.46. The molecule has 134 valence electrons. The molecular formula is C18H24N4O3. The normalized spacial score (nSPS) is 28.8. The molecule has 2 rings (SSSR count). The van der Waals surface area contributed by atoms with E-state index in [1.54, 1.807) is 0 Å². The number of hydrogen-bond acceptors (Lipinski definition) is 6. The quantitative estimate of drug-likeness (QED) is 0.721. The molecule has 1 aliphatic heterocycles. The standard InChI is InChI=1S/C18H24N4O3/c1-12(23)22-17-16(21-4)15(20-3)14(10-19-2)25-18(17)24-11-13-8-6-5-7-9-13/h5-9,14-18H,2-4,10-11H2,1H3,(H,22,23)/t14-,15+,16+,17+,18-/m0/s1. The molecule has 0 aromatic heterocycles. The predicted octanol–water partition coefficient (Wildman–Crippen LogP) is 1.27. The van der Waals surface area contributed by atoms with Crippen molar-refractivity contribution in [1.29, 1.82) is 0 Å². The average molecular weight is 344 g/mol. The second kappa shape index (κ2) is 9.19. The second-order valence-electron chi connectivity index (χ2n) is 5.82. The van der Waals surface area contributed by atoms with Gasteiger partial charge in [0.25, 0.3) is 0 Å². The minimum Gasteiger partial charge on any atom is -0.346 e. The van der Waals surface area contributed by atoms with Gasteiger partial charge in [-0.05, 0) is 25.7 Å². The lowest BCUT2D eigenvalue weighted by Crippen LogP contribution is -2.63. The van der Waals surface area contributed by atoms with Crippen LogP contribution in [-0.4, -0.2) is 63.1 Å². The van der Waals surface area contributed by atoms with Crippen LogP contribution in [0, 0.1) is 0 Å². The highest BCUT2D eigenvalue weighted by Crippen LogP contribution is 2.27. The number of ether oxygens (including phenoxy) is 2. The van der Waals surface area contributed by atoms with Crippen molar-refractivity contribution in [3.8, 4) is 0 Å². The summed E-state index contributed by atoms with van der Waals surface area (Å²) in [7, 11) is 0. The first-order valence-corrected chi connectivity index (χ1v) is 8.03. The molecule has 1 aromatic rings. The maximum Gasteiger partial charge on any atom is 0.217 e. The largest absolute Gasteiger partial charge is 0.346 e. The van der Waals surface area contributed by atoms with Crippen LogP contribution < -0.4 is 5.32 Å². The van der Waals surface area contributed by atoms with E-state index in [0.717, 1.165) is 5.56 Å². The molecular weight excluding hydrogens is 320 g/mol. The summed E-state index contributed by atoms with van der Waals surface area (Å²) in [6, 6.07) is 8.37. The monoisotopic (exact) mass is 344 g/mol. The van der Waals surface area contributed by atoms with E-state index < -0.39 is 30.5 Å². The Bertz CT molecular complexity index is 608. The number of amides is 1. The Kier molecular flexibility index (Phi) is 6.97. The van der Waals surface area contributed by atoms with Crippen LogP contribution in [-0.2, 0) is 20.9 Å². The average Bonchev–Trinajstić information content (AvgIpc) is 2.61. The zero-order valence-corrected chi connectivity index (χ0v) is 14.4. The van der Waals surface area contributed by atoms with Gasteiger partial charge in [0, 0.05) is 6.92 Å². The molecule has 1 fully saturated rings. The zero-order chi connectivity index (χ0) is 18.2. The van der Waals surface area contributed by atoms with Crippen LogP contribution in [0.3, 0.4) is 0 Å². The lowest BCUT2D eigenvalue weighted by Gasteiger charge is -2.43. The van der Waals surface area contributed by atoms with Gasteiger partial charge in [-0.1, -0.05) is 30.3 Å². The van der Waals surface area contributed by atoms with Crippen molar-refractivity contribution in [2.75, 3.05) is 6.54 Å². The summed E-state index contributed by atoms with van der Waals surface area (Å²) in [5.74, 6) is -0.210. The van der Waals surface area contributed by atoms with Crippen molar-refractivity contribution in [2.45, 2.75) is 44.1 Å². The summed E-state index contributed by atoms with van der Waals surface area (Å²) in [5.41, 5.74) is 0.998. The van der Waals surface area contributed by atoms with Crippen molar-refractivity contribution < 1.29 is 14.3 Å². The molecule has 5 atom stereocenters. The van der Waals surface area contributed by atoms with E-state index in [9.17, 15) is 4.79 Å². The van der Waals surface area contributed by atoms with Gasteiger partial charge < -0.3 is 14.8 Å². The molecule has 25 heavy (non-hydrogen) atoms. The van der Waals surface area contributed by atoms with E-state index in [1.807, 2.05) is 30.3 Å². The van der Waals surface area contributed by atoms with Crippen molar-refractivity contribution in [1.82, 2.24) is 5.32 Å². The predicted molar refractivity (Wildman–Crippen MR) is 98.6 cm³/mol. The summed E-state index contributed by atoms with van der Waals surface area (Å²) in [6.45, 7) is 12.9. The van der Waals surface area contributed by atoms with Crippen LogP contribution in [0.2, 0.25) is 0 Å². The molecule has 0 bridgehead atoms. The molecule has 1 aliphatic rings. The minimum absolute atomic E-state index is 0.210. The highest BCUT2D eigenvalue weighted by atomic mass is 16.7. The van der Waals surface area contributed by atoms with Crippen molar-refractivity contribution >= 4 is 26.1 Å². The first-order valence-electron chi connectivity index (χ1n) is 8.03. The fraction of sp³-hybridized carbons (Fsp3) is 0.444. The SMILES string of the molecule is C=NC[C@@H]1O[C@H](OCc2ccccc2)[C@H](NC(C)=O)[C@H](N=C)[C@@H]1N=C. The summed E-state index contributed by atoms with van der Waals surface area (Å²) < 4.78 is 11.9. The fourth-order valence-corrected chi connectivity index (χ4v) is 2.94. The van der Waals surface area contributed by atoms with Crippen molar-refractivity contribution in [3.05, 3.63) is 35.9 Å². The summed E-state index contributed by atoms with van der Waals surface area (Å²) in [6.07, 6.45) is -1.10. The van der Waals surface area contributed by atoms with E-state index in [4.69, 9.17) is 9.47 Å². The number of nitrogens with zero attached hydrogens (tertiary/aromatic N) is 3. The highest BCUT2D eigenvalue weighted by molar-refractivity contribution is 5.73. The molecule has 1 amide bonds. The van der Waals surface area contributed by atoms with Crippen LogP contribution in [0.15, 0.2) is 45.3 Å². The lowest BCUT2D eigenvalue weighted by molar-refractivity contribution is -0.218. The van der Waals surface area contributed by atoms with Crippen molar-refractivity contribution in [2.24, 2.45) is 15.0 Å². The second-order valence-corrected chi connectivity index (χ2v) is 5.82. The molecule has 1 aromatic carbocycles. The van der Waals surface area contributed by atoms with Crippen LogP contribution in [0.1, 0.15) is 12.5 Å². The molecule has 1 N–H and O–H groups in total. The van der Waals surface area contributed by atoms with Gasteiger partial charge in [0.05, 0.1) is 19.2 Å². The minimum atomic E-state index is -0.704. The number of aliphatic imine (C=N–C) groups is 3.